The molecule has 0 atom stereocenters. The maximum atomic E-state index is 15.3. The van der Waals surface area contributed by atoms with Gasteiger partial charge in [-0.1, -0.05) is 154 Å². The van der Waals surface area contributed by atoms with E-state index in [-0.39, 0.29) is 24.0 Å². The molecular formula is C36H56ClF2I. The zero-order chi connectivity index (χ0) is 28.0. The quantitative estimate of drug-likeness (QED) is 0.0935. The van der Waals surface area contributed by atoms with E-state index in [0.717, 1.165) is 44.0 Å². The molecule has 0 aromatic heterocycles. The van der Waals surface area contributed by atoms with E-state index in [9.17, 15) is 0 Å². The SMILES string of the molecule is CCCCCCCCCCCCc1cccc([I+]c2cccc(CCCCCCCCCCCC)c2F)c1F.[Cl-]. The van der Waals surface area contributed by atoms with Crippen molar-refractivity contribution in [1.82, 2.24) is 0 Å². The zero-order valence-corrected chi connectivity index (χ0v) is 28.4. The van der Waals surface area contributed by atoms with Gasteiger partial charge in [0.25, 0.3) is 0 Å². The molecule has 4 heteroatoms. The molecule has 2 aromatic carbocycles. The number of rotatable bonds is 24. The first kappa shape index (κ1) is 37.3. The van der Waals surface area contributed by atoms with Crippen molar-refractivity contribution in [3.8, 4) is 0 Å². The van der Waals surface area contributed by atoms with Crippen molar-refractivity contribution in [3.05, 3.63) is 66.3 Å². The Morgan fingerprint density at radius 2 is 0.750 bits per heavy atom. The van der Waals surface area contributed by atoms with Gasteiger partial charge in [0.2, 0.25) is 7.14 Å². The molecule has 40 heavy (non-hydrogen) atoms. The molecule has 0 N–H and O–H groups in total. The molecule has 0 radical (unpaired) electrons. The van der Waals surface area contributed by atoms with Crippen molar-refractivity contribution in [2.24, 2.45) is 0 Å². The van der Waals surface area contributed by atoms with Crippen LogP contribution >= 0.6 is 0 Å². The minimum absolute atomic E-state index is 0. The van der Waals surface area contributed by atoms with Crippen LogP contribution in [0.25, 0.3) is 0 Å². The van der Waals surface area contributed by atoms with Crippen molar-refractivity contribution in [1.29, 1.82) is 0 Å². The van der Waals surface area contributed by atoms with Crippen molar-refractivity contribution in [2.75, 3.05) is 0 Å². The number of halogens is 4. The third-order valence-electron chi connectivity index (χ3n) is 7.87. The lowest BCUT2D eigenvalue weighted by atomic mass is 10.0. The smallest absolute Gasteiger partial charge is 0.364 e. The van der Waals surface area contributed by atoms with Crippen molar-refractivity contribution in [3.63, 3.8) is 0 Å². The fraction of sp³-hybridized carbons (Fsp3) is 0.667. The first-order valence-electron chi connectivity index (χ1n) is 16.4. The second-order valence-electron chi connectivity index (χ2n) is 11.4. The van der Waals surface area contributed by atoms with Gasteiger partial charge in [-0.2, -0.15) is 0 Å². The zero-order valence-electron chi connectivity index (χ0n) is 25.5. The summed E-state index contributed by atoms with van der Waals surface area (Å²) in [6.07, 6.45) is 27.3. The summed E-state index contributed by atoms with van der Waals surface area (Å²) in [4.78, 5) is 0. The van der Waals surface area contributed by atoms with Crippen LogP contribution in [0.1, 0.15) is 153 Å². The Hall–Kier alpha value is -0.680. The molecule has 0 amide bonds. The summed E-state index contributed by atoms with van der Waals surface area (Å²) in [7, 11) is 0. The lowest BCUT2D eigenvalue weighted by Crippen LogP contribution is -3.62. The van der Waals surface area contributed by atoms with E-state index in [1.807, 2.05) is 36.4 Å². The maximum Gasteiger partial charge on any atom is 0.364 e. The summed E-state index contributed by atoms with van der Waals surface area (Å²) in [5.74, 6) is -0.165. The highest BCUT2D eigenvalue weighted by Gasteiger charge is 2.27. The summed E-state index contributed by atoms with van der Waals surface area (Å²) < 4.78 is 32.1. The monoisotopic (exact) mass is 688 g/mol. The van der Waals surface area contributed by atoms with E-state index in [1.165, 1.54) is 116 Å². The average Bonchev–Trinajstić information content (AvgIpc) is 2.94. The highest BCUT2D eigenvalue weighted by atomic mass is 127. The molecule has 0 bridgehead atoms. The molecule has 0 heterocycles. The van der Waals surface area contributed by atoms with Crippen LogP contribution in [0.15, 0.2) is 36.4 Å². The van der Waals surface area contributed by atoms with Crippen molar-refractivity contribution < 1.29 is 42.4 Å². The second-order valence-corrected chi connectivity index (χ2v) is 14.2. The van der Waals surface area contributed by atoms with Gasteiger partial charge in [-0.3, -0.25) is 0 Å². The van der Waals surface area contributed by atoms with Gasteiger partial charge < -0.3 is 12.4 Å². The van der Waals surface area contributed by atoms with Gasteiger partial charge in [0.05, 0.1) is 0 Å². The van der Waals surface area contributed by atoms with Crippen LogP contribution in [0.4, 0.5) is 8.78 Å². The van der Waals surface area contributed by atoms with Crippen LogP contribution in [0.5, 0.6) is 0 Å². The topological polar surface area (TPSA) is 0 Å². The molecule has 2 rings (SSSR count). The summed E-state index contributed by atoms with van der Waals surface area (Å²) in [6.45, 7) is 4.52. The van der Waals surface area contributed by atoms with Gasteiger partial charge in [-0.15, -0.1) is 0 Å². The molecule has 0 aliphatic carbocycles. The molecule has 0 nitrogen and oxygen atoms in total. The molecule has 0 unspecified atom stereocenters. The maximum absolute atomic E-state index is 15.3. The number of hydrogen-bond acceptors (Lipinski definition) is 0. The molecule has 0 aliphatic rings. The molecule has 0 saturated heterocycles. The fourth-order valence-electron chi connectivity index (χ4n) is 5.34. The van der Waals surface area contributed by atoms with Gasteiger partial charge in [0.1, 0.15) is 0 Å². The Balaban J connectivity index is 0.00000800. The Bertz CT molecular complexity index is 814. The Labute approximate surface area is 262 Å². The standard InChI is InChI=1S/C36H56F2I.ClH/c1-3-5-7-9-11-13-15-17-19-21-25-31-27-23-29-33(35(31)37)39-34-30-24-28-32(36(34)38)26-22-20-18-16-14-12-10-8-6-4-2;/h23-24,27-30H,3-22,25-26H2,1-2H3;1H/q+1;/p-1. The second kappa shape index (κ2) is 24.9. The number of unbranched alkanes of at least 4 members (excludes halogenated alkanes) is 18. The lowest BCUT2D eigenvalue weighted by molar-refractivity contribution is -0.603. The molecule has 2 aromatic rings. The first-order chi connectivity index (χ1) is 19.2. The molecule has 0 fully saturated rings. The predicted octanol–water partition coefficient (Wildman–Crippen LogP) is 6.02. The van der Waals surface area contributed by atoms with Gasteiger partial charge in [0.15, 0.2) is 11.6 Å². The normalized spacial score (nSPS) is 11.1. The minimum atomic E-state index is -0.868. The average molecular weight is 689 g/mol. The van der Waals surface area contributed by atoms with E-state index in [2.05, 4.69) is 13.8 Å². The largest absolute Gasteiger partial charge is 1.00 e. The van der Waals surface area contributed by atoms with Gasteiger partial charge >= 0.3 is 21.2 Å². The van der Waals surface area contributed by atoms with Gasteiger partial charge in [-0.05, 0) is 48.9 Å². The molecule has 0 saturated carbocycles. The number of hydrogen-bond donors (Lipinski definition) is 0. The predicted molar refractivity (Wildman–Crippen MR) is 161 cm³/mol. The van der Waals surface area contributed by atoms with E-state index in [1.54, 1.807) is 0 Å². The highest BCUT2D eigenvalue weighted by Crippen LogP contribution is 2.16. The molecule has 0 aliphatic heterocycles. The van der Waals surface area contributed by atoms with Crippen LogP contribution in [0.2, 0.25) is 0 Å². The fourth-order valence-corrected chi connectivity index (χ4v) is 7.91. The minimum Gasteiger partial charge on any atom is -1.00 e. The molecular weight excluding hydrogens is 633 g/mol. The Morgan fingerprint density at radius 3 is 1.07 bits per heavy atom. The number of aryl methyl sites for hydroxylation is 2. The van der Waals surface area contributed by atoms with Crippen LogP contribution in [0, 0.1) is 18.8 Å². The summed E-state index contributed by atoms with van der Waals surface area (Å²) in [5, 5.41) is 0. The summed E-state index contributed by atoms with van der Waals surface area (Å²) >= 11 is -0.868. The third-order valence-corrected chi connectivity index (χ3v) is 10.7. The summed E-state index contributed by atoms with van der Waals surface area (Å²) in [5.41, 5.74) is 1.63. The van der Waals surface area contributed by atoms with Crippen LogP contribution < -0.4 is 33.6 Å². The molecule has 228 valence electrons. The van der Waals surface area contributed by atoms with Crippen LogP contribution in [-0.2, 0) is 12.8 Å². The summed E-state index contributed by atoms with van der Waals surface area (Å²) in [6, 6.07) is 11.5. The van der Waals surface area contributed by atoms with Crippen LogP contribution in [-0.4, -0.2) is 0 Å². The highest BCUT2D eigenvalue weighted by molar-refractivity contribution is 5.19. The first-order valence-corrected chi connectivity index (χ1v) is 18.5. The van der Waals surface area contributed by atoms with Gasteiger partial charge in [-0.25, -0.2) is 8.78 Å². The van der Waals surface area contributed by atoms with E-state index in [0.29, 0.717) is 0 Å². The van der Waals surface area contributed by atoms with Crippen LogP contribution in [0.3, 0.4) is 0 Å². The van der Waals surface area contributed by atoms with Gasteiger partial charge in [0, 0.05) is 0 Å². The Morgan fingerprint density at radius 1 is 0.450 bits per heavy atom. The lowest BCUT2D eigenvalue weighted by Gasteiger charge is -2.05. The van der Waals surface area contributed by atoms with E-state index < -0.39 is 21.2 Å². The third kappa shape index (κ3) is 16.1. The van der Waals surface area contributed by atoms with E-state index in [4.69, 9.17) is 0 Å². The number of benzene rings is 2. The van der Waals surface area contributed by atoms with Crippen molar-refractivity contribution >= 4 is 0 Å². The van der Waals surface area contributed by atoms with E-state index >= 15 is 8.78 Å². The van der Waals surface area contributed by atoms with Crippen molar-refractivity contribution in [2.45, 2.75) is 155 Å². The molecule has 0 spiro atoms. The Kier molecular flexibility index (Phi) is 23.2.